The molecular formula is C18H24O4Si. The van der Waals surface area contributed by atoms with Gasteiger partial charge in [0.2, 0.25) is 0 Å². The van der Waals surface area contributed by atoms with Crippen molar-refractivity contribution in [3.63, 3.8) is 0 Å². The highest BCUT2D eigenvalue weighted by Crippen LogP contribution is 2.29. The lowest BCUT2D eigenvalue weighted by Crippen LogP contribution is -2.30. The van der Waals surface area contributed by atoms with Gasteiger partial charge in [-0.05, 0) is 17.5 Å². The van der Waals surface area contributed by atoms with Gasteiger partial charge in [-0.1, -0.05) is 60.7 Å². The van der Waals surface area contributed by atoms with Crippen LogP contribution in [0.4, 0.5) is 0 Å². The summed E-state index contributed by atoms with van der Waals surface area (Å²) in [5, 5.41) is 21.3. The fourth-order valence-corrected chi connectivity index (χ4v) is 2.75. The summed E-state index contributed by atoms with van der Waals surface area (Å²) in [5.74, 6) is 0. The molecule has 0 saturated heterocycles. The topological polar surface area (TPSA) is 58.9 Å². The van der Waals surface area contributed by atoms with E-state index in [1.54, 1.807) is 0 Å². The lowest BCUT2D eigenvalue weighted by molar-refractivity contribution is -0.105. The van der Waals surface area contributed by atoms with Crippen LogP contribution in [-0.2, 0) is 9.16 Å². The Hall–Kier alpha value is -1.50. The first-order valence-corrected chi connectivity index (χ1v) is 8.62. The van der Waals surface area contributed by atoms with Crippen molar-refractivity contribution in [1.29, 1.82) is 0 Å². The fourth-order valence-electron chi connectivity index (χ4n) is 2.46. The standard InChI is InChI=1S/C18H24O4Si/c19-16(14-8-3-1-4-9-14)18(21-12-7-13-22-23)17(20)15-10-5-2-6-11-15/h1-6,8-11,16-20H,7,12-13H2,23H3. The predicted molar refractivity (Wildman–Crippen MR) is 93.1 cm³/mol. The quantitative estimate of drug-likeness (QED) is 0.540. The molecule has 0 radical (unpaired) electrons. The second-order valence-electron chi connectivity index (χ2n) is 5.39. The zero-order valence-electron chi connectivity index (χ0n) is 13.3. The van der Waals surface area contributed by atoms with Gasteiger partial charge >= 0.3 is 0 Å². The fraction of sp³-hybridized carbons (Fsp3) is 0.333. The minimum Gasteiger partial charge on any atom is -0.428 e. The molecule has 0 amide bonds. The van der Waals surface area contributed by atoms with E-state index in [0.29, 0.717) is 23.7 Å². The molecule has 124 valence electrons. The summed E-state index contributed by atoms with van der Waals surface area (Å²) < 4.78 is 11.0. The zero-order chi connectivity index (χ0) is 16.5. The van der Waals surface area contributed by atoms with Gasteiger partial charge in [-0.3, -0.25) is 0 Å². The molecule has 0 aliphatic rings. The van der Waals surface area contributed by atoms with E-state index >= 15 is 0 Å². The highest BCUT2D eigenvalue weighted by molar-refractivity contribution is 5.97. The maximum Gasteiger partial charge on any atom is 0.145 e. The molecule has 2 N–H and O–H groups in total. The Morgan fingerprint density at radius 3 is 1.70 bits per heavy atom. The van der Waals surface area contributed by atoms with Crippen molar-refractivity contribution in [2.45, 2.75) is 24.7 Å². The largest absolute Gasteiger partial charge is 0.428 e. The van der Waals surface area contributed by atoms with E-state index in [9.17, 15) is 10.2 Å². The van der Waals surface area contributed by atoms with Crippen molar-refractivity contribution in [2.75, 3.05) is 13.2 Å². The number of aliphatic hydroxyl groups is 2. The minimum atomic E-state index is -0.900. The number of ether oxygens (including phenoxy) is 1. The molecule has 2 unspecified atom stereocenters. The van der Waals surface area contributed by atoms with Gasteiger partial charge in [0, 0.05) is 13.2 Å². The second-order valence-corrected chi connectivity index (χ2v) is 5.97. The number of benzene rings is 2. The Bertz CT molecular complexity index is 504. The smallest absolute Gasteiger partial charge is 0.145 e. The lowest BCUT2D eigenvalue weighted by atomic mass is 9.95. The van der Waals surface area contributed by atoms with Crippen molar-refractivity contribution in [2.24, 2.45) is 0 Å². The number of hydrogen-bond donors (Lipinski definition) is 2. The van der Waals surface area contributed by atoms with Crippen LogP contribution in [0.3, 0.4) is 0 Å². The van der Waals surface area contributed by atoms with Crippen molar-refractivity contribution < 1.29 is 19.4 Å². The van der Waals surface area contributed by atoms with Crippen molar-refractivity contribution in [3.05, 3.63) is 71.8 Å². The van der Waals surface area contributed by atoms with Gasteiger partial charge in [0.1, 0.15) is 28.8 Å². The van der Waals surface area contributed by atoms with Crippen LogP contribution in [0.25, 0.3) is 0 Å². The Balaban J connectivity index is 2.13. The normalized spacial score (nSPS) is 15.2. The first kappa shape index (κ1) is 17.8. The summed E-state index contributed by atoms with van der Waals surface area (Å²) >= 11 is 0. The molecule has 2 rings (SSSR count). The van der Waals surface area contributed by atoms with Gasteiger partial charge < -0.3 is 19.4 Å². The molecule has 2 aromatic rings. The first-order valence-electron chi connectivity index (χ1n) is 7.80. The molecule has 0 aliphatic carbocycles. The molecule has 0 fully saturated rings. The molecule has 0 aliphatic heterocycles. The van der Waals surface area contributed by atoms with Crippen LogP contribution >= 0.6 is 0 Å². The lowest BCUT2D eigenvalue weighted by Gasteiger charge is -2.28. The predicted octanol–water partition coefficient (Wildman–Crippen LogP) is 1.53. The number of hydrogen-bond acceptors (Lipinski definition) is 4. The number of rotatable bonds is 9. The van der Waals surface area contributed by atoms with Crippen LogP contribution in [0.2, 0.25) is 0 Å². The third-order valence-electron chi connectivity index (χ3n) is 3.71. The molecule has 0 saturated carbocycles. The summed E-state index contributed by atoms with van der Waals surface area (Å²) in [6.07, 6.45) is -1.79. The summed E-state index contributed by atoms with van der Waals surface area (Å²) in [6, 6.07) is 18.6. The summed E-state index contributed by atoms with van der Waals surface area (Å²) in [5.41, 5.74) is 1.46. The highest BCUT2D eigenvalue weighted by atomic mass is 28.2. The van der Waals surface area contributed by atoms with E-state index in [-0.39, 0.29) is 0 Å². The molecule has 23 heavy (non-hydrogen) atoms. The number of aliphatic hydroxyl groups excluding tert-OH is 2. The molecule has 0 bridgehead atoms. The van der Waals surface area contributed by atoms with Crippen LogP contribution in [-0.4, -0.2) is 40.0 Å². The van der Waals surface area contributed by atoms with E-state index in [2.05, 4.69) is 0 Å². The zero-order valence-corrected chi connectivity index (χ0v) is 15.3. The van der Waals surface area contributed by atoms with Crippen LogP contribution in [0.1, 0.15) is 29.8 Å². The molecule has 5 heteroatoms. The average molecular weight is 332 g/mol. The van der Waals surface area contributed by atoms with Crippen molar-refractivity contribution >= 4 is 10.5 Å². The maximum atomic E-state index is 10.7. The van der Waals surface area contributed by atoms with Crippen molar-refractivity contribution in [3.8, 4) is 0 Å². The molecule has 2 atom stereocenters. The monoisotopic (exact) mass is 332 g/mol. The minimum absolute atomic E-state index is 0.431. The van der Waals surface area contributed by atoms with Gasteiger partial charge in [0.15, 0.2) is 0 Å². The molecule has 0 heterocycles. The van der Waals surface area contributed by atoms with E-state index in [4.69, 9.17) is 9.16 Å². The summed E-state index contributed by atoms with van der Waals surface area (Å²) in [6.45, 7) is 1.07. The third-order valence-corrected chi connectivity index (χ3v) is 4.12. The average Bonchev–Trinajstić information content (AvgIpc) is 2.62. The van der Waals surface area contributed by atoms with E-state index in [1.807, 2.05) is 60.7 Å². The summed E-state index contributed by atoms with van der Waals surface area (Å²) in [7, 11) is 0.701. The van der Waals surface area contributed by atoms with Gasteiger partial charge in [0.05, 0.1) is 0 Å². The van der Waals surface area contributed by atoms with E-state index in [1.165, 1.54) is 0 Å². The molecule has 2 aromatic carbocycles. The Labute approximate surface area is 140 Å². The molecule has 4 nitrogen and oxygen atoms in total. The van der Waals surface area contributed by atoms with Gasteiger partial charge in [-0.2, -0.15) is 0 Å². The summed E-state index contributed by atoms with van der Waals surface area (Å²) in [4.78, 5) is 0. The maximum absolute atomic E-state index is 10.7. The van der Waals surface area contributed by atoms with Crippen LogP contribution in [0.15, 0.2) is 60.7 Å². The van der Waals surface area contributed by atoms with E-state index < -0.39 is 18.3 Å². The van der Waals surface area contributed by atoms with Gasteiger partial charge in [0.25, 0.3) is 0 Å². The molecule has 0 spiro atoms. The molecule has 0 aromatic heterocycles. The van der Waals surface area contributed by atoms with Crippen LogP contribution in [0.5, 0.6) is 0 Å². The van der Waals surface area contributed by atoms with Gasteiger partial charge in [-0.15, -0.1) is 0 Å². The SMILES string of the molecule is OC(c1ccccc1)C(OCCCO[SiH3])C(O)c1ccccc1. The van der Waals surface area contributed by atoms with E-state index in [0.717, 1.165) is 17.5 Å². The van der Waals surface area contributed by atoms with Gasteiger partial charge in [-0.25, -0.2) is 0 Å². The highest BCUT2D eigenvalue weighted by Gasteiger charge is 2.30. The van der Waals surface area contributed by atoms with Crippen LogP contribution in [0, 0.1) is 0 Å². The Morgan fingerprint density at radius 1 is 0.783 bits per heavy atom. The van der Waals surface area contributed by atoms with Crippen molar-refractivity contribution in [1.82, 2.24) is 0 Å². The first-order chi connectivity index (χ1) is 11.2. The third kappa shape index (κ3) is 5.26. The molecular weight excluding hydrogens is 308 g/mol. The Kier molecular flexibility index (Phi) is 7.44. The van der Waals surface area contributed by atoms with Crippen LogP contribution < -0.4 is 0 Å². The second kappa shape index (κ2) is 9.59. The Morgan fingerprint density at radius 2 is 1.26 bits per heavy atom.